The first-order valence-corrected chi connectivity index (χ1v) is 11.2. The lowest BCUT2D eigenvalue weighted by Gasteiger charge is -2.33. The summed E-state index contributed by atoms with van der Waals surface area (Å²) in [6.07, 6.45) is 7.07. The molecule has 1 saturated heterocycles. The van der Waals surface area contributed by atoms with Gasteiger partial charge in [0, 0.05) is 42.8 Å². The minimum atomic E-state index is -0.464. The van der Waals surface area contributed by atoms with Crippen LogP contribution in [0.4, 0.5) is 11.6 Å². The number of hydrogen-bond donors (Lipinski definition) is 1. The van der Waals surface area contributed by atoms with Crippen molar-refractivity contribution in [3.8, 4) is 5.75 Å². The van der Waals surface area contributed by atoms with Gasteiger partial charge in [0.2, 0.25) is 0 Å². The van der Waals surface area contributed by atoms with Gasteiger partial charge < -0.3 is 15.0 Å². The van der Waals surface area contributed by atoms with Crippen molar-refractivity contribution in [3.63, 3.8) is 0 Å². The zero-order valence-corrected chi connectivity index (χ0v) is 18.5. The van der Waals surface area contributed by atoms with Crippen LogP contribution in [-0.4, -0.2) is 45.0 Å². The summed E-state index contributed by atoms with van der Waals surface area (Å²) in [5, 5.41) is 3.92. The minimum Gasteiger partial charge on any atom is -0.480 e. The van der Waals surface area contributed by atoms with E-state index in [0.717, 1.165) is 41.2 Å². The minimum absolute atomic E-state index is 0.0444. The molecule has 2 aliphatic rings. The molecule has 0 radical (unpaired) electrons. The summed E-state index contributed by atoms with van der Waals surface area (Å²) in [6.45, 7) is 3.36. The summed E-state index contributed by atoms with van der Waals surface area (Å²) in [6, 6.07) is 9.41. The number of pyridine rings is 1. The van der Waals surface area contributed by atoms with Crippen LogP contribution < -0.4 is 10.1 Å². The third-order valence-corrected chi connectivity index (χ3v) is 6.34. The molecule has 1 N–H and O–H groups in total. The van der Waals surface area contributed by atoms with Crippen molar-refractivity contribution in [1.29, 1.82) is 0 Å². The van der Waals surface area contributed by atoms with Crippen molar-refractivity contribution in [1.82, 2.24) is 19.9 Å². The highest BCUT2D eigenvalue weighted by molar-refractivity contribution is 6.30. The van der Waals surface area contributed by atoms with E-state index in [9.17, 15) is 4.79 Å². The van der Waals surface area contributed by atoms with E-state index < -0.39 is 6.10 Å². The second-order valence-electron chi connectivity index (χ2n) is 8.29. The lowest BCUT2D eigenvalue weighted by atomic mass is 9.93. The summed E-state index contributed by atoms with van der Waals surface area (Å²) in [5.41, 5.74) is 2.98. The molecule has 1 aromatic carbocycles. The number of fused-ring (bicyclic) bond motifs is 1. The van der Waals surface area contributed by atoms with Crippen LogP contribution in [0.1, 0.15) is 35.6 Å². The third-order valence-electron chi connectivity index (χ3n) is 6.11. The Hall–Kier alpha value is -3.19. The summed E-state index contributed by atoms with van der Waals surface area (Å²) in [4.78, 5) is 28.4. The van der Waals surface area contributed by atoms with Gasteiger partial charge in [-0.25, -0.2) is 9.97 Å². The van der Waals surface area contributed by atoms with Crippen molar-refractivity contribution in [2.45, 2.75) is 38.2 Å². The fourth-order valence-electron chi connectivity index (χ4n) is 4.33. The molecule has 1 amide bonds. The number of nitrogens with one attached hydrogen (secondary N) is 1. The summed E-state index contributed by atoms with van der Waals surface area (Å²) < 4.78 is 5.88. The molecular formula is C24H24ClN5O2. The molecule has 5 rings (SSSR count). The Balaban J connectivity index is 1.20. The number of rotatable bonds is 4. The summed E-state index contributed by atoms with van der Waals surface area (Å²) in [7, 11) is 0. The standard InChI is InChI=1S/C24H24ClN5O2/c1-15-3-2-8-27-23(15)29-22-14-26-13-19(28-22)16-6-9-30(10-7-16)24(31)21-12-17-11-18(25)4-5-20(17)32-21/h2-5,8,11,13-14,16,21H,6-7,9-10,12H2,1H3,(H,27,28,29)/t21-/m0/s1. The Labute approximate surface area is 191 Å². The fourth-order valence-corrected chi connectivity index (χ4v) is 4.52. The Morgan fingerprint density at radius 2 is 2.06 bits per heavy atom. The quantitative estimate of drug-likeness (QED) is 0.640. The normalized spacial score (nSPS) is 18.2. The first-order chi connectivity index (χ1) is 15.6. The number of halogens is 1. The molecule has 32 heavy (non-hydrogen) atoms. The van der Waals surface area contributed by atoms with Gasteiger partial charge in [0.25, 0.3) is 5.91 Å². The number of piperidine rings is 1. The molecular weight excluding hydrogens is 426 g/mol. The number of hydrogen-bond acceptors (Lipinski definition) is 6. The number of nitrogens with zero attached hydrogens (tertiary/aromatic N) is 4. The zero-order chi connectivity index (χ0) is 22.1. The first kappa shape index (κ1) is 20.7. The van der Waals surface area contributed by atoms with E-state index in [1.165, 1.54) is 0 Å². The molecule has 2 aromatic heterocycles. The number of amides is 1. The second-order valence-corrected chi connectivity index (χ2v) is 8.72. The van der Waals surface area contributed by atoms with Crippen LogP contribution >= 0.6 is 11.6 Å². The number of aromatic nitrogens is 3. The van der Waals surface area contributed by atoms with Gasteiger partial charge in [-0.05, 0) is 55.2 Å². The Bertz CT molecular complexity index is 1150. The average molecular weight is 450 g/mol. The SMILES string of the molecule is Cc1cccnc1Nc1cncc(C2CCN(C(=O)[C@@H]3Cc4cc(Cl)ccc4O3)CC2)n1. The van der Waals surface area contributed by atoms with Gasteiger partial charge in [0.1, 0.15) is 17.4 Å². The average Bonchev–Trinajstić information content (AvgIpc) is 3.24. The van der Waals surface area contributed by atoms with Crippen LogP contribution in [-0.2, 0) is 11.2 Å². The fraction of sp³-hybridized carbons (Fsp3) is 0.333. The number of anilines is 2. The lowest BCUT2D eigenvalue weighted by Crippen LogP contribution is -2.45. The molecule has 0 bridgehead atoms. The van der Waals surface area contributed by atoms with Crippen LogP contribution in [0.5, 0.6) is 5.75 Å². The van der Waals surface area contributed by atoms with E-state index in [1.54, 1.807) is 18.5 Å². The van der Waals surface area contributed by atoms with Gasteiger partial charge in [-0.2, -0.15) is 0 Å². The number of carbonyl (C=O) groups is 1. The van der Waals surface area contributed by atoms with Gasteiger partial charge in [-0.3, -0.25) is 9.78 Å². The number of aryl methyl sites for hydroxylation is 1. The molecule has 0 spiro atoms. The van der Waals surface area contributed by atoms with E-state index in [0.29, 0.717) is 30.4 Å². The predicted molar refractivity (Wildman–Crippen MR) is 122 cm³/mol. The number of likely N-dealkylation sites (tertiary alicyclic amines) is 1. The Kier molecular flexibility index (Phi) is 5.66. The first-order valence-electron chi connectivity index (χ1n) is 10.8. The molecule has 4 heterocycles. The molecule has 7 nitrogen and oxygen atoms in total. The predicted octanol–water partition coefficient (Wildman–Crippen LogP) is 4.29. The van der Waals surface area contributed by atoms with Crippen molar-refractivity contribution < 1.29 is 9.53 Å². The molecule has 2 aliphatic heterocycles. The smallest absolute Gasteiger partial charge is 0.263 e. The molecule has 0 aliphatic carbocycles. The van der Waals surface area contributed by atoms with Gasteiger partial charge >= 0.3 is 0 Å². The Morgan fingerprint density at radius 1 is 1.22 bits per heavy atom. The van der Waals surface area contributed by atoms with Crippen LogP contribution in [0, 0.1) is 6.92 Å². The number of ether oxygens (including phenoxy) is 1. The molecule has 0 saturated carbocycles. The van der Waals surface area contributed by atoms with Gasteiger partial charge in [-0.1, -0.05) is 17.7 Å². The highest BCUT2D eigenvalue weighted by Gasteiger charge is 2.34. The second kappa shape index (κ2) is 8.74. The van der Waals surface area contributed by atoms with E-state index >= 15 is 0 Å². The van der Waals surface area contributed by atoms with Crippen molar-refractivity contribution >= 4 is 29.1 Å². The molecule has 1 atom stereocenters. The number of benzene rings is 1. The number of carbonyl (C=O) groups excluding carboxylic acids is 1. The summed E-state index contributed by atoms with van der Waals surface area (Å²) >= 11 is 6.07. The third kappa shape index (κ3) is 4.25. The van der Waals surface area contributed by atoms with Gasteiger partial charge in [0.15, 0.2) is 6.10 Å². The van der Waals surface area contributed by atoms with Crippen LogP contribution in [0.3, 0.4) is 0 Å². The maximum atomic E-state index is 13.0. The van der Waals surface area contributed by atoms with Crippen LogP contribution in [0.2, 0.25) is 5.02 Å². The highest BCUT2D eigenvalue weighted by atomic mass is 35.5. The van der Waals surface area contributed by atoms with E-state index in [4.69, 9.17) is 21.3 Å². The van der Waals surface area contributed by atoms with E-state index in [1.807, 2.05) is 42.3 Å². The van der Waals surface area contributed by atoms with Crippen molar-refractivity contribution in [3.05, 3.63) is 70.8 Å². The largest absolute Gasteiger partial charge is 0.480 e. The van der Waals surface area contributed by atoms with Crippen molar-refractivity contribution in [2.75, 3.05) is 18.4 Å². The lowest BCUT2D eigenvalue weighted by molar-refractivity contribution is -0.139. The Morgan fingerprint density at radius 3 is 2.88 bits per heavy atom. The van der Waals surface area contributed by atoms with E-state index in [2.05, 4.69) is 15.3 Å². The molecule has 8 heteroatoms. The maximum absolute atomic E-state index is 13.0. The summed E-state index contributed by atoms with van der Waals surface area (Å²) in [5.74, 6) is 2.52. The van der Waals surface area contributed by atoms with Crippen LogP contribution in [0.15, 0.2) is 48.9 Å². The topological polar surface area (TPSA) is 80.2 Å². The highest BCUT2D eigenvalue weighted by Crippen LogP contribution is 2.33. The molecule has 1 fully saturated rings. The molecule has 164 valence electrons. The van der Waals surface area contributed by atoms with Crippen molar-refractivity contribution in [2.24, 2.45) is 0 Å². The molecule has 0 unspecified atom stereocenters. The van der Waals surface area contributed by atoms with E-state index in [-0.39, 0.29) is 11.8 Å². The van der Waals surface area contributed by atoms with Gasteiger partial charge in [0.05, 0.1) is 11.9 Å². The van der Waals surface area contributed by atoms with Crippen LogP contribution in [0.25, 0.3) is 0 Å². The zero-order valence-electron chi connectivity index (χ0n) is 17.8. The monoisotopic (exact) mass is 449 g/mol. The molecule has 3 aromatic rings. The van der Waals surface area contributed by atoms with Gasteiger partial charge in [-0.15, -0.1) is 0 Å². The maximum Gasteiger partial charge on any atom is 0.263 e.